The summed E-state index contributed by atoms with van der Waals surface area (Å²) in [5.41, 5.74) is 2.91. The third-order valence-corrected chi connectivity index (χ3v) is 5.09. The third kappa shape index (κ3) is 5.37. The van der Waals surface area contributed by atoms with Gasteiger partial charge in [0.2, 0.25) is 0 Å². The van der Waals surface area contributed by atoms with Gasteiger partial charge in [0.1, 0.15) is 6.54 Å². The molecule has 1 unspecified atom stereocenters. The molecule has 0 aliphatic heterocycles. The average molecular weight is 395 g/mol. The molecule has 0 saturated heterocycles. The lowest BCUT2D eigenvalue weighted by Gasteiger charge is -2.24. The number of rotatable bonds is 7. The summed E-state index contributed by atoms with van der Waals surface area (Å²) in [4.78, 5) is 15.9. The Bertz CT molecular complexity index is 747. The molecule has 4 nitrogen and oxygen atoms in total. The van der Waals surface area contributed by atoms with Crippen molar-refractivity contribution in [2.75, 3.05) is 30.9 Å². The van der Waals surface area contributed by atoms with E-state index in [1.807, 2.05) is 21.0 Å². The van der Waals surface area contributed by atoms with Crippen molar-refractivity contribution in [2.24, 2.45) is 0 Å². The average Bonchev–Trinajstić information content (AvgIpc) is 2.62. The normalized spacial score (nSPS) is 13.2. The smallest absolute Gasteiger partial charge is 0.282 e. The molecule has 0 fully saturated rings. The predicted molar refractivity (Wildman–Crippen MR) is 111 cm³/mol. The van der Waals surface area contributed by atoms with E-state index in [-0.39, 0.29) is 11.9 Å². The summed E-state index contributed by atoms with van der Waals surface area (Å²) in [5.74, 6) is -0.0732. The van der Waals surface area contributed by atoms with Gasteiger partial charge in [-0.3, -0.25) is 4.79 Å². The quantitative estimate of drug-likeness (QED) is 0.753. The van der Waals surface area contributed by atoms with Crippen molar-refractivity contribution in [2.45, 2.75) is 26.4 Å². The van der Waals surface area contributed by atoms with Gasteiger partial charge in [0.05, 0.1) is 17.3 Å². The van der Waals surface area contributed by atoms with Crippen LogP contribution in [0.15, 0.2) is 42.5 Å². The molecular formula is C20H26Cl2N3O+. The summed E-state index contributed by atoms with van der Waals surface area (Å²) in [6.45, 7) is 5.63. The molecule has 0 aliphatic carbocycles. The standard InChI is InChI=1S/C20H25Cl2N3O/c1-5-25(13-15-6-9-17(10-7-15)24(3)4)14(2)20(26)23-19-12-16(21)8-11-18(19)22/h6-12,14H,5,13H2,1-4H3,(H,23,26)/p+1/t14-/m0/s1. The van der Waals surface area contributed by atoms with Crippen LogP contribution in [-0.4, -0.2) is 32.6 Å². The van der Waals surface area contributed by atoms with E-state index in [1.165, 1.54) is 10.5 Å². The zero-order valence-corrected chi connectivity index (χ0v) is 17.2. The largest absolute Gasteiger partial charge is 0.378 e. The number of halogens is 2. The maximum Gasteiger partial charge on any atom is 0.282 e. The minimum absolute atomic E-state index is 0.0732. The minimum atomic E-state index is -0.219. The number of hydrogen-bond donors (Lipinski definition) is 2. The van der Waals surface area contributed by atoms with Gasteiger partial charge in [-0.1, -0.05) is 35.3 Å². The number of amides is 1. The van der Waals surface area contributed by atoms with Crippen LogP contribution in [0, 0.1) is 0 Å². The Labute approximate surface area is 165 Å². The molecule has 2 aromatic carbocycles. The van der Waals surface area contributed by atoms with Crippen molar-refractivity contribution < 1.29 is 9.69 Å². The van der Waals surface area contributed by atoms with Crippen LogP contribution in [0.4, 0.5) is 11.4 Å². The van der Waals surface area contributed by atoms with E-state index in [1.54, 1.807) is 18.2 Å². The lowest BCUT2D eigenvalue weighted by Crippen LogP contribution is -3.15. The summed E-state index contributed by atoms with van der Waals surface area (Å²) in [5, 5.41) is 3.91. The van der Waals surface area contributed by atoms with E-state index in [0.717, 1.165) is 18.8 Å². The molecule has 2 N–H and O–H groups in total. The molecule has 2 aromatic rings. The highest BCUT2D eigenvalue weighted by atomic mass is 35.5. The van der Waals surface area contributed by atoms with Crippen molar-refractivity contribution in [3.05, 3.63) is 58.1 Å². The van der Waals surface area contributed by atoms with Gasteiger partial charge in [-0.15, -0.1) is 0 Å². The zero-order chi connectivity index (χ0) is 19.3. The van der Waals surface area contributed by atoms with Gasteiger partial charge in [0.15, 0.2) is 6.04 Å². The molecule has 140 valence electrons. The van der Waals surface area contributed by atoms with Crippen molar-refractivity contribution in [3.63, 3.8) is 0 Å². The molecule has 0 radical (unpaired) electrons. The SMILES string of the molecule is CC[NH+](Cc1ccc(N(C)C)cc1)[C@@H](C)C(=O)Nc1cc(Cl)ccc1Cl. The monoisotopic (exact) mass is 394 g/mol. The number of quaternary nitrogens is 1. The zero-order valence-electron chi connectivity index (χ0n) is 15.6. The van der Waals surface area contributed by atoms with Crippen LogP contribution >= 0.6 is 23.2 Å². The molecule has 0 bridgehead atoms. The van der Waals surface area contributed by atoms with Crippen LogP contribution < -0.4 is 15.1 Å². The van der Waals surface area contributed by atoms with E-state index >= 15 is 0 Å². The molecule has 2 rings (SSSR count). The van der Waals surface area contributed by atoms with Crippen molar-refractivity contribution in [1.29, 1.82) is 0 Å². The molecule has 6 heteroatoms. The first kappa shape index (κ1) is 20.6. The fourth-order valence-electron chi connectivity index (χ4n) is 2.78. The van der Waals surface area contributed by atoms with Gasteiger partial charge < -0.3 is 15.1 Å². The first-order valence-corrected chi connectivity index (χ1v) is 9.44. The Balaban J connectivity index is 2.05. The second-order valence-electron chi connectivity index (χ2n) is 6.58. The van der Waals surface area contributed by atoms with Gasteiger partial charge in [0.25, 0.3) is 5.91 Å². The Morgan fingerprint density at radius 2 is 1.81 bits per heavy atom. The number of hydrogen-bond acceptors (Lipinski definition) is 2. The Kier molecular flexibility index (Phi) is 7.33. The van der Waals surface area contributed by atoms with Gasteiger partial charge in [-0.2, -0.15) is 0 Å². The first-order valence-electron chi connectivity index (χ1n) is 8.68. The van der Waals surface area contributed by atoms with Gasteiger partial charge in [-0.05, 0) is 44.2 Å². The molecular weight excluding hydrogens is 369 g/mol. The van der Waals surface area contributed by atoms with Crippen LogP contribution in [0.5, 0.6) is 0 Å². The fourth-order valence-corrected chi connectivity index (χ4v) is 3.11. The van der Waals surface area contributed by atoms with Gasteiger partial charge in [0, 0.05) is 30.4 Å². The first-order chi connectivity index (χ1) is 12.3. The number of likely N-dealkylation sites (N-methyl/N-ethyl adjacent to an activating group) is 1. The highest BCUT2D eigenvalue weighted by Gasteiger charge is 2.24. The maximum atomic E-state index is 12.7. The van der Waals surface area contributed by atoms with Gasteiger partial charge in [-0.25, -0.2) is 0 Å². The van der Waals surface area contributed by atoms with E-state index in [0.29, 0.717) is 15.7 Å². The number of nitrogens with one attached hydrogen (secondary N) is 2. The maximum absolute atomic E-state index is 12.7. The lowest BCUT2D eigenvalue weighted by atomic mass is 10.1. The summed E-state index contributed by atoms with van der Waals surface area (Å²) >= 11 is 12.1. The lowest BCUT2D eigenvalue weighted by molar-refractivity contribution is -0.925. The van der Waals surface area contributed by atoms with E-state index < -0.39 is 0 Å². The van der Waals surface area contributed by atoms with Crippen LogP contribution in [0.3, 0.4) is 0 Å². The molecule has 0 spiro atoms. The van der Waals surface area contributed by atoms with E-state index in [4.69, 9.17) is 23.2 Å². The molecule has 26 heavy (non-hydrogen) atoms. The fraction of sp³-hybridized carbons (Fsp3) is 0.350. The molecule has 0 saturated carbocycles. The van der Waals surface area contributed by atoms with E-state index in [9.17, 15) is 4.79 Å². The summed E-state index contributed by atoms with van der Waals surface area (Å²) in [7, 11) is 4.04. The second-order valence-corrected chi connectivity index (χ2v) is 7.43. The number of carbonyl (C=O) groups excluding carboxylic acids is 1. The molecule has 2 atom stereocenters. The Morgan fingerprint density at radius 3 is 2.38 bits per heavy atom. The van der Waals surface area contributed by atoms with Crippen molar-refractivity contribution in [1.82, 2.24) is 0 Å². The Hall–Kier alpha value is -1.75. The second kappa shape index (κ2) is 9.26. The minimum Gasteiger partial charge on any atom is -0.378 e. The predicted octanol–water partition coefficient (Wildman–Crippen LogP) is 3.49. The van der Waals surface area contributed by atoms with Gasteiger partial charge >= 0.3 is 0 Å². The number of nitrogens with zero attached hydrogens (tertiary/aromatic N) is 1. The number of carbonyl (C=O) groups is 1. The highest BCUT2D eigenvalue weighted by Crippen LogP contribution is 2.25. The summed E-state index contributed by atoms with van der Waals surface area (Å²) < 4.78 is 0. The van der Waals surface area contributed by atoms with Crippen molar-refractivity contribution >= 4 is 40.5 Å². The number of anilines is 2. The molecule has 1 amide bonds. The molecule has 0 aromatic heterocycles. The summed E-state index contributed by atoms with van der Waals surface area (Å²) in [6.07, 6.45) is 0. The highest BCUT2D eigenvalue weighted by molar-refractivity contribution is 6.35. The third-order valence-electron chi connectivity index (χ3n) is 4.53. The van der Waals surface area contributed by atoms with Crippen LogP contribution in [0.1, 0.15) is 19.4 Å². The molecule has 0 heterocycles. The summed E-state index contributed by atoms with van der Waals surface area (Å²) in [6, 6.07) is 13.2. The Morgan fingerprint density at radius 1 is 1.15 bits per heavy atom. The van der Waals surface area contributed by atoms with Crippen LogP contribution in [-0.2, 0) is 11.3 Å². The van der Waals surface area contributed by atoms with Crippen molar-refractivity contribution in [3.8, 4) is 0 Å². The molecule has 0 aliphatic rings. The topological polar surface area (TPSA) is 36.8 Å². The van der Waals surface area contributed by atoms with E-state index in [2.05, 4.69) is 41.4 Å². The van der Waals surface area contributed by atoms with Crippen LogP contribution in [0.25, 0.3) is 0 Å². The number of benzene rings is 2. The van der Waals surface area contributed by atoms with Crippen LogP contribution in [0.2, 0.25) is 10.0 Å².